The largest absolute Gasteiger partial charge is 0.494 e. The lowest BCUT2D eigenvalue weighted by atomic mass is 10.0. The molecule has 2 aromatic rings. The molecule has 0 aromatic heterocycles. The second kappa shape index (κ2) is 6.96. The summed E-state index contributed by atoms with van der Waals surface area (Å²) in [6, 6.07) is 17.0. The van der Waals surface area contributed by atoms with E-state index >= 15 is 0 Å². The van der Waals surface area contributed by atoms with Gasteiger partial charge in [-0.2, -0.15) is 0 Å². The Hall–Kier alpha value is -2.82. The summed E-state index contributed by atoms with van der Waals surface area (Å²) in [7, 11) is 0. The molecule has 0 saturated carbocycles. The fourth-order valence-electron chi connectivity index (χ4n) is 2.34. The Balaban J connectivity index is 1.58. The molecule has 5 heteroatoms. The Morgan fingerprint density at radius 1 is 1.22 bits per heavy atom. The van der Waals surface area contributed by atoms with E-state index < -0.39 is 6.10 Å². The normalized spacial score (nSPS) is 16.4. The molecule has 1 amide bonds. The molecule has 5 nitrogen and oxygen atoms in total. The van der Waals surface area contributed by atoms with Crippen LogP contribution in [0.25, 0.3) is 0 Å². The minimum Gasteiger partial charge on any atom is -0.494 e. The van der Waals surface area contributed by atoms with Crippen molar-refractivity contribution >= 4 is 17.3 Å². The standard InChI is InChI=1S/C18H18N2O3/c1-2-22-15-10-8-14(9-11-15)19-18(21)17-12-16(20-23-17)13-6-4-3-5-7-13/h3-11,17H,2,12H2,1H3,(H,19,21). The first-order valence-electron chi connectivity index (χ1n) is 7.58. The van der Waals surface area contributed by atoms with E-state index in [2.05, 4.69) is 10.5 Å². The van der Waals surface area contributed by atoms with Gasteiger partial charge >= 0.3 is 0 Å². The van der Waals surface area contributed by atoms with E-state index in [1.165, 1.54) is 0 Å². The molecule has 0 saturated heterocycles. The van der Waals surface area contributed by atoms with Crippen LogP contribution in [-0.4, -0.2) is 24.3 Å². The molecule has 1 aliphatic heterocycles. The van der Waals surface area contributed by atoms with E-state index in [0.29, 0.717) is 18.7 Å². The van der Waals surface area contributed by atoms with Crippen LogP contribution in [0.5, 0.6) is 5.75 Å². The first kappa shape index (κ1) is 15.1. The third kappa shape index (κ3) is 3.69. The number of ether oxygens (including phenoxy) is 1. The minimum absolute atomic E-state index is 0.205. The van der Waals surface area contributed by atoms with Crippen LogP contribution in [0.1, 0.15) is 18.9 Å². The molecule has 0 bridgehead atoms. The molecule has 0 fully saturated rings. The summed E-state index contributed by atoms with van der Waals surface area (Å²) in [5.74, 6) is 0.571. The van der Waals surface area contributed by atoms with Crippen LogP contribution in [-0.2, 0) is 9.63 Å². The molecular weight excluding hydrogens is 292 g/mol. The lowest BCUT2D eigenvalue weighted by molar-refractivity contribution is -0.125. The molecule has 1 aliphatic rings. The van der Waals surface area contributed by atoms with Crippen LogP contribution < -0.4 is 10.1 Å². The van der Waals surface area contributed by atoms with E-state index in [-0.39, 0.29) is 5.91 Å². The van der Waals surface area contributed by atoms with Crippen molar-refractivity contribution in [2.45, 2.75) is 19.4 Å². The zero-order valence-electron chi connectivity index (χ0n) is 12.9. The molecular formula is C18H18N2O3. The summed E-state index contributed by atoms with van der Waals surface area (Å²) in [5, 5.41) is 6.86. The zero-order chi connectivity index (χ0) is 16.1. The van der Waals surface area contributed by atoms with Crippen molar-refractivity contribution in [3.63, 3.8) is 0 Å². The molecule has 23 heavy (non-hydrogen) atoms. The Labute approximate surface area is 134 Å². The van der Waals surface area contributed by atoms with Crippen molar-refractivity contribution in [1.29, 1.82) is 0 Å². The van der Waals surface area contributed by atoms with Gasteiger partial charge in [-0.15, -0.1) is 0 Å². The van der Waals surface area contributed by atoms with Crippen LogP contribution in [0.4, 0.5) is 5.69 Å². The van der Waals surface area contributed by atoms with E-state index in [1.807, 2.05) is 49.4 Å². The number of amides is 1. The number of hydrogen-bond acceptors (Lipinski definition) is 4. The second-order valence-electron chi connectivity index (χ2n) is 5.15. The highest BCUT2D eigenvalue weighted by molar-refractivity contribution is 6.06. The monoisotopic (exact) mass is 310 g/mol. The smallest absolute Gasteiger partial charge is 0.268 e. The number of nitrogens with zero attached hydrogens (tertiary/aromatic N) is 1. The lowest BCUT2D eigenvalue weighted by Gasteiger charge is -2.10. The average Bonchev–Trinajstić information content (AvgIpc) is 3.08. The second-order valence-corrected chi connectivity index (χ2v) is 5.15. The van der Waals surface area contributed by atoms with Gasteiger partial charge in [-0.3, -0.25) is 4.79 Å². The van der Waals surface area contributed by atoms with Gasteiger partial charge in [-0.05, 0) is 36.8 Å². The third-order valence-corrected chi connectivity index (χ3v) is 3.50. The quantitative estimate of drug-likeness (QED) is 0.922. The molecule has 1 N–H and O–H groups in total. The fourth-order valence-corrected chi connectivity index (χ4v) is 2.34. The third-order valence-electron chi connectivity index (χ3n) is 3.50. The Morgan fingerprint density at radius 2 is 1.96 bits per heavy atom. The van der Waals surface area contributed by atoms with Gasteiger partial charge in [0.25, 0.3) is 5.91 Å². The maximum atomic E-state index is 12.3. The van der Waals surface area contributed by atoms with E-state index in [1.54, 1.807) is 12.1 Å². The highest BCUT2D eigenvalue weighted by Crippen LogP contribution is 2.20. The predicted molar refractivity (Wildman–Crippen MR) is 88.7 cm³/mol. The number of anilines is 1. The van der Waals surface area contributed by atoms with Crippen LogP contribution >= 0.6 is 0 Å². The molecule has 1 heterocycles. The van der Waals surface area contributed by atoms with Gasteiger partial charge in [-0.25, -0.2) is 0 Å². The topological polar surface area (TPSA) is 59.9 Å². The Kier molecular flexibility index (Phi) is 4.57. The van der Waals surface area contributed by atoms with Crippen LogP contribution in [0, 0.1) is 0 Å². The van der Waals surface area contributed by atoms with Crippen LogP contribution in [0.3, 0.4) is 0 Å². The maximum absolute atomic E-state index is 12.3. The number of hydrogen-bond donors (Lipinski definition) is 1. The van der Waals surface area contributed by atoms with Crippen molar-refractivity contribution in [3.05, 3.63) is 60.2 Å². The number of nitrogens with one attached hydrogen (secondary N) is 1. The Morgan fingerprint density at radius 3 is 2.65 bits per heavy atom. The Bertz CT molecular complexity index is 696. The molecule has 3 rings (SSSR count). The van der Waals surface area contributed by atoms with Gasteiger partial charge in [-0.1, -0.05) is 35.5 Å². The number of benzene rings is 2. The van der Waals surface area contributed by atoms with Crippen LogP contribution in [0.15, 0.2) is 59.8 Å². The summed E-state index contributed by atoms with van der Waals surface area (Å²) >= 11 is 0. The number of carbonyl (C=O) groups is 1. The van der Waals surface area contributed by atoms with Gasteiger partial charge in [0.1, 0.15) is 5.75 Å². The van der Waals surface area contributed by atoms with Crippen molar-refractivity contribution in [2.75, 3.05) is 11.9 Å². The summed E-state index contributed by atoms with van der Waals surface area (Å²) in [6.45, 7) is 2.54. The van der Waals surface area contributed by atoms with Crippen molar-refractivity contribution in [1.82, 2.24) is 0 Å². The molecule has 0 radical (unpaired) electrons. The molecule has 118 valence electrons. The number of rotatable bonds is 5. The van der Waals surface area contributed by atoms with Gasteiger partial charge in [0.2, 0.25) is 6.10 Å². The zero-order valence-corrected chi connectivity index (χ0v) is 12.9. The van der Waals surface area contributed by atoms with E-state index in [9.17, 15) is 4.79 Å². The number of oxime groups is 1. The van der Waals surface area contributed by atoms with Gasteiger partial charge < -0.3 is 14.9 Å². The summed E-state index contributed by atoms with van der Waals surface area (Å²) in [4.78, 5) is 17.5. The summed E-state index contributed by atoms with van der Waals surface area (Å²) in [6.07, 6.45) is -0.135. The summed E-state index contributed by atoms with van der Waals surface area (Å²) in [5.41, 5.74) is 2.47. The molecule has 0 aliphatic carbocycles. The predicted octanol–water partition coefficient (Wildman–Crippen LogP) is 3.22. The molecule has 2 aromatic carbocycles. The van der Waals surface area contributed by atoms with Gasteiger partial charge in [0.05, 0.1) is 12.3 Å². The lowest BCUT2D eigenvalue weighted by Crippen LogP contribution is -2.28. The highest BCUT2D eigenvalue weighted by Gasteiger charge is 2.28. The first-order chi connectivity index (χ1) is 11.3. The number of carbonyl (C=O) groups excluding carboxylic acids is 1. The van der Waals surface area contributed by atoms with Crippen molar-refractivity contribution < 1.29 is 14.4 Å². The fraction of sp³-hybridized carbons (Fsp3) is 0.222. The molecule has 1 atom stereocenters. The van der Waals surface area contributed by atoms with Gasteiger partial charge in [0.15, 0.2) is 0 Å². The SMILES string of the molecule is CCOc1ccc(NC(=O)C2CC(c3ccccc3)=NO2)cc1. The first-order valence-corrected chi connectivity index (χ1v) is 7.58. The van der Waals surface area contributed by atoms with E-state index in [0.717, 1.165) is 17.0 Å². The van der Waals surface area contributed by atoms with Gasteiger partial charge in [0, 0.05) is 12.1 Å². The highest BCUT2D eigenvalue weighted by atomic mass is 16.6. The van der Waals surface area contributed by atoms with E-state index in [4.69, 9.17) is 9.57 Å². The maximum Gasteiger partial charge on any atom is 0.268 e. The van der Waals surface area contributed by atoms with Crippen LogP contribution in [0.2, 0.25) is 0 Å². The molecule has 1 unspecified atom stereocenters. The molecule has 0 spiro atoms. The summed E-state index contributed by atoms with van der Waals surface area (Å²) < 4.78 is 5.37. The minimum atomic E-state index is -0.600. The van der Waals surface area contributed by atoms with Crippen molar-refractivity contribution in [3.8, 4) is 5.75 Å². The van der Waals surface area contributed by atoms with Crippen molar-refractivity contribution in [2.24, 2.45) is 5.16 Å². The average molecular weight is 310 g/mol.